The molecule has 4 N–H and O–H groups in total. The van der Waals surface area contributed by atoms with Crippen molar-refractivity contribution in [2.75, 3.05) is 30.9 Å². The third-order valence-electron chi connectivity index (χ3n) is 6.67. The van der Waals surface area contributed by atoms with E-state index in [4.69, 9.17) is 4.74 Å². The summed E-state index contributed by atoms with van der Waals surface area (Å²) in [6.07, 6.45) is 0. The number of aliphatic hydroxyl groups is 1. The fourth-order valence-electron chi connectivity index (χ4n) is 5.32. The van der Waals surface area contributed by atoms with Crippen molar-refractivity contribution < 1.29 is 24.2 Å². The average Bonchev–Trinajstić information content (AvgIpc) is 3.34. The molecule has 3 heterocycles. The molecule has 3 aliphatic heterocycles. The van der Waals surface area contributed by atoms with Crippen LogP contribution in [-0.2, 0) is 19.1 Å². The van der Waals surface area contributed by atoms with Gasteiger partial charge >= 0.3 is 0 Å². The lowest BCUT2D eigenvalue weighted by Gasteiger charge is -2.39. The molecule has 1 aromatic carbocycles. The molecule has 2 fully saturated rings. The summed E-state index contributed by atoms with van der Waals surface area (Å²) in [6.45, 7) is 3.29. The number of carbonyl (C=O) groups excluding carboxylic acids is 3. The van der Waals surface area contributed by atoms with Gasteiger partial charge in [-0.1, -0.05) is 6.07 Å². The number of methoxy groups -OCH3 is 1. The predicted octanol–water partition coefficient (Wildman–Crippen LogP) is 0.358. The number of amides is 1. The summed E-state index contributed by atoms with van der Waals surface area (Å²) in [5, 5.41) is 19.3. The molecule has 0 spiro atoms. The number of benzene rings is 1. The first kappa shape index (κ1) is 19.9. The maximum Gasteiger partial charge on any atom is 0.221 e. The van der Waals surface area contributed by atoms with Gasteiger partial charge in [-0.05, 0) is 25.1 Å². The maximum atomic E-state index is 13.6. The van der Waals surface area contributed by atoms with Gasteiger partial charge in [-0.2, -0.15) is 0 Å². The topological polar surface area (TPSA) is 130 Å². The number of hydrogen-bond donors (Lipinski definition) is 4. The molecule has 4 aliphatic rings. The zero-order valence-electron chi connectivity index (χ0n) is 17.5. The van der Waals surface area contributed by atoms with Gasteiger partial charge in [0, 0.05) is 49.1 Å². The summed E-state index contributed by atoms with van der Waals surface area (Å²) < 4.78 is 5.89. The molecule has 0 bridgehead atoms. The minimum Gasteiger partial charge on any atom is -0.396 e. The van der Waals surface area contributed by atoms with E-state index in [1.165, 1.54) is 6.92 Å². The zero-order chi connectivity index (χ0) is 22.1. The lowest BCUT2D eigenvalue weighted by Crippen LogP contribution is -2.54. The Morgan fingerprint density at radius 2 is 2.06 bits per heavy atom. The molecule has 1 aromatic rings. The van der Waals surface area contributed by atoms with Gasteiger partial charge in [-0.25, -0.2) is 0 Å². The molecule has 0 saturated carbocycles. The third-order valence-corrected chi connectivity index (χ3v) is 6.67. The van der Waals surface area contributed by atoms with Crippen molar-refractivity contribution in [3.05, 3.63) is 46.8 Å². The normalized spacial score (nSPS) is 31.0. The summed E-state index contributed by atoms with van der Waals surface area (Å²) in [5.41, 5.74) is 1.33. The van der Waals surface area contributed by atoms with Crippen LogP contribution in [0.25, 0.3) is 0 Å². The molecule has 4 unspecified atom stereocenters. The molecule has 5 rings (SSSR count). The number of aliphatic hydroxyl groups excluding tert-OH is 1. The second kappa shape index (κ2) is 6.74. The highest BCUT2D eigenvalue weighted by molar-refractivity contribution is 6.26. The molecular weight excluding hydrogens is 400 g/mol. The van der Waals surface area contributed by atoms with Crippen LogP contribution in [0.4, 0.5) is 11.4 Å². The molecular formula is C22H24N4O5. The van der Waals surface area contributed by atoms with Crippen LogP contribution in [0.2, 0.25) is 0 Å². The number of carbonyl (C=O) groups is 3. The van der Waals surface area contributed by atoms with Crippen LogP contribution in [0.15, 0.2) is 46.8 Å². The number of piperazine rings is 1. The summed E-state index contributed by atoms with van der Waals surface area (Å²) in [5.74, 6) is -1.40. The number of allylic oxidation sites excluding steroid dienone is 2. The summed E-state index contributed by atoms with van der Waals surface area (Å²) in [6, 6.07) is 7.06. The van der Waals surface area contributed by atoms with Crippen LogP contribution in [0.1, 0.15) is 13.8 Å². The monoisotopic (exact) mass is 424 g/mol. The predicted molar refractivity (Wildman–Crippen MR) is 112 cm³/mol. The van der Waals surface area contributed by atoms with Gasteiger partial charge in [0.2, 0.25) is 17.5 Å². The Labute approximate surface area is 179 Å². The second-order valence-corrected chi connectivity index (χ2v) is 8.36. The van der Waals surface area contributed by atoms with Gasteiger partial charge in [-0.15, -0.1) is 0 Å². The van der Waals surface area contributed by atoms with Crippen LogP contribution >= 0.6 is 0 Å². The summed E-state index contributed by atoms with van der Waals surface area (Å²) >= 11 is 0. The number of nitrogens with zero attached hydrogens (tertiary/aromatic N) is 1. The standard InChI is InChI=1S/C22H24N4O5/c1-10-17(24-13-6-4-5-12(7-13)23-11(2)28)20(30)16-14(9-27)22(31-3)21-15(25-21)8-26(22)18(16)19(10)29/h4-7,14-15,21,24-25,27H,8-9H2,1-3H3,(H,23,28). The Bertz CT molecular complexity index is 1090. The van der Waals surface area contributed by atoms with Crippen molar-refractivity contribution in [2.45, 2.75) is 31.7 Å². The smallest absolute Gasteiger partial charge is 0.221 e. The minimum atomic E-state index is -0.934. The van der Waals surface area contributed by atoms with Crippen molar-refractivity contribution in [2.24, 2.45) is 5.92 Å². The fraction of sp³-hybridized carbons (Fsp3) is 0.409. The molecule has 0 radical (unpaired) electrons. The lowest BCUT2D eigenvalue weighted by atomic mass is 9.82. The summed E-state index contributed by atoms with van der Waals surface area (Å²) in [4.78, 5) is 40.2. The van der Waals surface area contributed by atoms with E-state index >= 15 is 0 Å². The third kappa shape index (κ3) is 2.63. The van der Waals surface area contributed by atoms with Crippen molar-refractivity contribution in [3.8, 4) is 0 Å². The molecule has 4 atom stereocenters. The van der Waals surface area contributed by atoms with Gasteiger partial charge in [-0.3, -0.25) is 14.4 Å². The van der Waals surface area contributed by atoms with Gasteiger partial charge in [0.15, 0.2) is 5.72 Å². The largest absolute Gasteiger partial charge is 0.396 e. The van der Waals surface area contributed by atoms with Crippen molar-refractivity contribution in [3.63, 3.8) is 0 Å². The van der Waals surface area contributed by atoms with E-state index in [1.807, 2.05) is 4.90 Å². The Balaban J connectivity index is 1.51. The van der Waals surface area contributed by atoms with E-state index in [9.17, 15) is 19.5 Å². The molecule has 1 amide bonds. The number of nitrogens with one attached hydrogen (secondary N) is 3. The Morgan fingerprint density at radius 3 is 2.74 bits per heavy atom. The molecule has 9 heteroatoms. The second-order valence-electron chi connectivity index (χ2n) is 8.36. The number of ether oxygens (including phenoxy) is 1. The van der Waals surface area contributed by atoms with Crippen LogP contribution in [0, 0.1) is 5.92 Å². The zero-order valence-corrected chi connectivity index (χ0v) is 17.5. The number of ketones is 2. The highest BCUT2D eigenvalue weighted by Gasteiger charge is 2.72. The van der Waals surface area contributed by atoms with E-state index in [-0.39, 0.29) is 41.9 Å². The van der Waals surface area contributed by atoms with Crippen molar-refractivity contribution >= 4 is 28.8 Å². The molecule has 162 valence electrons. The summed E-state index contributed by atoms with van der Waals surface area (Å²) in [7, 11) is 1.55. The lowest BCUT2D eigenvalue weighted by molar-refractivity contribution is -0.137. The van der Waals surface area contributed by atoms with E-state index in [0.29, 0.717) is 34.8 Å². The first-order valence-electron chi connectivity index (χ1n) is 10.2. The van der Waals surface area contributed by atoms with E-state index in [2.05, 4.69) is 16.0 Å². The molecule has 31 heavy (non-hydrogen) atoms. The van der Waals surface area contributed by atoms with E-state index in [1.54, 1.807) is 38.3 Å². The first-order chi connectivity index (χ1) is 14.8. The van der Waals surface area contributed by atoms with Gasteiger partial charge in [0.05, 0.1) is 30.0 Å². The maximum absolute atomic E-state index is 13.6. The highest BCUT2D eigenvalue weighted by atomic mass is 16.5. The average molecular weight is 424 g/mol. The Morgan fingerprint density at radius 1 is 1.32 bits per heavy atom. The number of fused-ring (bicyclic) bond motifs is 4. The van der Waals surface area contributed by atoms with Crippen LogP contribution in [0.5, 0.6) is 0 Å². The van der Waals surface area contributed by atoms with Gasteiger partial charge < -0.3 is 30.7 Å². The van der Waals surface area contributed by atoms with Crippen LogP contribution < -0.4 is 16.0 Å². The Kier molecular flexibility index (Phi) is 4.34. The quantitative estimate of drug-likeness (QED) is 0.394. The highest BCUT2D eigenvalue weighted by Crippen LogP contribution is 2.55. The van der Waals surface area contributed by atoms with E-state index < -0.39 is 11.6 Å². The minimum absolute atomic E-state index is 0.0353. The van der Waals surface area contributed by atoms with Gasteiger partial charge in [0.1, 0.15) is 0 Å². The number of anilines is 2. The van der Waals surface area contributed by atoms with Crippen LogP contribution in [-0.4, -0.2) is 65.6 Å². The van der Waals surface area contributed by atoms with Crippen molar-refractivity contribution in [1.29, 1.82) is 0 Å². The molecule has 0 aromatic heterocycles. The van der Waals surface area contributed by atoms with Gasteiger partial charge in [0.25, 0.3) is 0 Å². The fourth-order valence-corrected chi connectivity index (χ4v) is 5.32. The SMILES string of the molecule is COC12C(CO)C3=C(C(=O)C(C)=C(Nc4cccc(NC(C)=O)c4)C3=O)N1CC1NC12. The number of Topliss-reactive ketones (excluding diaryl/α,β-unsaturated/α-hetero) is 2. The number of rotatable bonds is 5. The molecule has 9 nitrogen and oxygen atoms in total. The van der Waals surface area contributed by atoms with Crippen LogP contribution in [0.3, 0.4) is 0 Å². The van der Waals surface area contributed by atoms with Crippen molar-refractivity contribution in [1.82, 2.24) is 10.2 Å². The first-order valence-corrected chi connectivity index (χ1v) is 10.2. The molecule has 2 saturated heterocycles. The number of hydrogen-bond acceptors (Lipinski definition) is 8. The van der Waals surface area contributed by atoms with E-state index in [0.717, 1.165) is 0 Å². The molecule has 1 aliphatic carbocycles. The Hall–Kier alpha value is -3.01.